The molecule has 5 heteroatoms. The minimum atomic E-state index is -0.0293. The van der Waals surface area contributed by atoms with Gasteiger partial charge in [0.25, 0.3) is 0 Å². The molecule has 1 aromatic carbocycles. The van der Waals surface area contributed by atoms with Gasteiger partial charge in [-0.05, 0) is 25.6 Å². The van der Waals surface area contributed by atoms with Crippen molar-refractivity contribution in [3.05, 3.63) is 29.3 Å². The zero-order valence-electron chi connectivity index (χ0n) is 12.5. The van der Waals surface area contributed by atoms with E-state index in [9.17, 15) is 4.79 Å². The second-order valence-corrected chi connectivity index (χ2v) is 4.61. The lowest BCUT2D eigenvalue weighted by atomic mass is 10.1. The van der Waals surface area contributed by atoms with E-state index in [0.717, 1.165) is 23.3 Å². The minimum absolute atomic E-state index is 0.0293. The van der Waals surface area contributed by atoms with Crippen LogP contribution in [0.4, 0.5) is 0 Å². The Kier molecular flexibility index (Phi) is 7.69. The number of carbonyl (C=O) groups excluding carboxylic acids is 1. The largest absolute Gasteiger partial charge is 0.493 e. The molecule has 0 aliphatic heterocycles. The van der Waals surface area contributed by atoms with Gasteiger partial charge in [0.1, 0.15) is 5.75 Å². The van der Waals surface area contributed by atoms with Gasteiger partial charge in [-0.2, -0.15) is 0 Å². The fraction of sp³-hybridized carbons (Fsp3) is 0.533. The number of aryl methyl sites for hydroxylation is 1. The molecule has 0 fully saturated rings. The monoisotopic (exact) mass is 280 g/mol. The molecule has 0 aromatic heterocycles. The number of carbonyl (C=O) groups is 1. The molecule has 0 spiro atoms. The molecule has 1 aromatic rings. The Balaban J connectivity index is 2.57. The van der Waals surface area contributed by atoms with Crippen LogP contribution < -0.4 is 15.4 Å². The van der Waals surface area contributed by atoms with E-state index < -0.39 is 0 Å². The van der Waals surface area contributed by atoms with Gasteiger partial charge in [-0.1, -0.05) is 12.1 Å². The van der Waals surface area contributed by atoms with Crippen LogP contribution in [-0.4, -0.2) is 39.8 Å². The van der Waals surface area contributed by atoms with Crippen LogP contribution >= 0.6 is 0 Å². The summed E-state index contributed by atoms with van der Waals surface area (Å²) in [6.07, 6.45) is 0.843. The van der Waals surface area contributed by atoms with E-state index >= 15 is 0 Å². The number of hydrogen-bond acceptors (Lipinski definition) is 4. The number of benzene rings is 1. The SMILES string of the molecule is CNCC(=O)NCc1ccc(C)cc1OCCCOC. The summed E-state index contributed by atoms with van der Waals surface area (Å²) in [7, 11) is 3.42. The molecule has 1 amide bonds. The highest BCUT2D eigenvalue weighted by molar-refractivity contribution is 5.78. The number of hydrogen-bond donors (Lipinski definition) is 2. The molecule has 0 bridgehead atoms. The number of rotatable bonds is 9. The first kappa shape index (κ1) is 16.5. The lowest BCUT2D eigenvalue weighted by molar-refractivity contribution is -0.120. The van der Waals surface area contributed by atoms with Crippen LogP contribution in [-0.2, 0) is 16.1 Å². The molecule has 0 atom stereocenters. The van der Waals surface area contributed by atoms with Gasteiger partial charge in [-0.25, -0.2) is 0 Å². The standard InChI is InChI=1S/C15H24N2O3/c1-12-5-6-13(10-17-15(18)11-16-2)14(9-12)20-8-4-7-19-3/h5-6,9,16H,4,7-8,10-11H2,1-3H3,(H,17,18). The average Bonchev–Trinajstić information content (AvgIpc) is 2.43. The van der Waals surface area contributed by atoms with E-state index in [1.54, 1.807) is 14.2 Å². The van der Waals surface area contributed by atoms with E-state index in [-0.39, 0.29) is 5.91 Å². The van der Waals surface area contributed by atoms with Crippen molar-refractivity contribution in [2.45, 2.75) is 19.9 Å². The average molecular weight is 280 g/mol. The van der Waals surface area contributed by atoms with Crippen molar-refractivity contribution in [3.63, 3.8) is 0 Å². The molecular formula is C15H24N2O3. The lowest BCUT2D eigenvalue weighted by Crippen LogP contribution is -2.31. The molecule has 0 saturated carbocycles. The molecular weight excluding hydrogens is 256 g/mol. The maximum absolute atomic E-state index is 11.5. The highest BCUT2D eigenvalue weighted by atomic mass is 16.5. The van der Waals surface area contributed by atoms with E-state index in [1.807, 2.05) is 25.1 Å². The topological polar surface area (TPSA) is 59.6 Å². The summed E-state index contributed by atoms with van der Waals surface area (Å²) < 4.78 is 10.8. The quantitative estimate of drug-likeness (QED) is 0.668. The summed E-state index contributed by atoms with van der Waals surface area (Å²) in [5.74, 6) is 0.796. The zero-order chi connectivity index (χ0) is 14.8. The van der Waals surface area contributed by atoms with Gasteiger partial charge < -0.3 is 20.1 Å². The predicted octanol–water partition coefficient (Wildman–Crippen LogP) is 1.25. The van der Waals surface area contributed by atoms with E-state index in [0.29, 0.717) is 26.3 Å². The summed E-state index contributed by atoms with van der Waals surface area (Å²) >= 11 is 0. The Morgan fingerprint density at radius 3 is 2.80 bits per heavy atom. The normalized spacial score (nSPS) is 10.3. The second kappa shape index (κ2) is 9.34. The van der Waals surface area contributed by atoms with Gasteiger partial charge in [-0.15, -0.1) is 0 Å². The van der Waals surface area contributed by atoms with Crippen LogP contribution in [0.1, 0.15) is 17.5 Å². The van der Waals surface area contributed by atoms with E-state index in [2.05, 4.69) is 10.6 Å². The lowest BCUT2D eigenvalue weighted by Gasteiger charge is -2.13. The highest BCUT2D eigenvalue weighted by Crippen LogP contribution is 2.20. The van der Waals surface area contributed by atoms with Crippen LogP contribution in [0.5, 0.6) is 5.75 Å². The third kappa shape index (κ3) is 6.04. The number of amides is 1. The first-order chi connectivity index (χ1) is 9.67. The Morgan fingerprint density at radius 1 is 1.30 bits per heavy atom. The van der Waals surface area contributed by atoms with E-state index in [1.165, 1.54) is 0 Å². The van der Waals surface area contributed by atoms with Gasteiger partial charge in [0, 0.05) is 32.2 Å². The van der Waals surface area contributed by atoms with Crippen LogP contribution in [0.3, 0.4) is 0 Å². The minimum Gasteiger partial charge on any atom is -0.493 e. The molecule has 112 valence electrons. The van der Waals surface area contributed by atoms with Crippen molar-refractivity contribution in [2.75, 3.05) is 33.9 Å². The first-order valence-corrected chi connectivity index (χ1v) is 6.80. The zero-order valence-corrected chi connectivity index (χ0v) is 12.5. The Morgan fingerprint density at radius 2 is 2.10 bits per heavy atom. The number of likely N-dealkylation sites (N-methyl/N-ethyl adjacent to an activating group) is 1. The molecule has 0 aliphatic rings. The number of nitrogens with one attached hydrogen (secondary N) is 2. The third-order valence-corrected chi connectivity index (χ3v) is 2.79. The van der Waals surface area contributed by atoms with Crippen molar-refractivity contribution < 1.29 is 14.3 Å². The molecule has 0 radical (unpaired) electrons. The van der Waals surface area contributed by atoms with Gasteiger partial charge in [-0.3, -0.25) is 4.79 Å². The third-order valence-electron chi connectivity index (χ3n) is 2.79. The molecule has 0 heterocycles. The Labute approximate surface area is 120 Å². The maximum Gasteiger partial charge on any atom is 0.234 e. The van der Waals surface area contributed by atoms with Gasteiger partial charge in [0.15, 0.2) is 0 Å². The predicted molar refractivity (Wildman–Crippen MR) is 78.9 cm³/mol. The van der Waals surface area contributed by atoms with Crippen LogP contribution in [0, 0.1) is 6.92 Å². The number of methoxy groups -OCH3 is 1. The summed E-state index contributed by atoms with van der Waals surface area (Å²) in [4.78, 5) is 11.5. The van der Waals surface area contributed by atoms with E-state index in [4.69, 9.17) is 9.47 Å². The second-order valence-electron chi connectivity index (χ2n) is 4.61. The van der Waals surface area contributed by atoms with Crippen LogP contribution in [0.2, 0.25) is 0 Å². The van der Waals surface area contributed by atoms with Gasteiger partial charge >= 0.3 is 0 Å². The summed E-state index contributed by atoms with van der Waals surface area (Å²) in [6.45, 7) is 4.09. The maximum atomic E-state index is 11.5. The Hall–Kier alpha value is -1.59. The summed E-state index contributed by atoms with van der Waals surface area (Å²) in [5.41, 5.74) is 2.12. The van der Waals surface area contributed by atoms with Crippen molar-refractivity contribution in [2.24, 2.45) is 0 Å². The highest BCUT2D eigenvalue weighted by Gasteiger charge is 2.06. The molecule has 5 nitrogen and oxygen atoms in total. The number of ether oxygens (including phenoxy) is 2. The molecule has 1 rings (SSSR count). The molecule has 2 N–H and O–H groups in total. The smallest absolute Gasteiger partial charge is 0.234 e. The van der Waals surface area contributed by atoms with Crippen LogP contribution in [0.15, 0.2) is 18.2 Å². The van der Waals surface area contributed by atoms with Crippen molar-refractivity contribution in [1.29, 1.82) is 0 Å². The van der Waals surface area contributed by atoms with Gasteiger partial charge in [0.05, 0.1) is 13.2 Å². The Bertz CT molecular complexity index is 422. The molecule has 20 heavy (non-hydrogen) atoms. The van der Waals surface area contributed by atoms with Gasteiger partial charge in [0.2, 0.25) is 5.91 Å². The van der Waals surface area contributed by atoms with Crippen molar-refractivity contribution in [3.8, 4) is 5.75 Å². The summed E-state index contributed by atoms with van der Waals surface area (Å²) in [6, 6.07) is 5.99. The molecule has 0 saturated heterocycles. The first-order valence-electron chi connectivity index (χ1n) is 6.80. The molecule has 0 aliphatic carbocycles. The van der Waals surface area contributed by atoms with Crippen molar-refractivity contribution >= 4 is 5.91 Å². The molecule has 0 unspecified atom stereocenters. The summed E-state index contributed by atoms with van der Waals surface area (Å²) in [5, 5.41) is 5.67. The fourth-order valence-electron chi connectivity index (χ4n) is 1.74. The fourth-order valence-corrected chi connectivity index (χ4v) is 1.74. The van der Waals surface area contributed by atoms with Crippen molar-refractivity contribution in [1.82, 2.24) is 10.6 Å². The van der Waals surface area contributed by atoms with Crippen LogP contribution in [0.25, 0.3) is 0 Å².